The molecule has 0 radical (unpaired) electrons. The van der Waals surface area contributed by atoms with Crippen molar-refractivity contribution in [2.45, 2.75) is 63.2 Å². The summed E-state index contributed by atoms with van der Waals surface area (Å²) >= 11 is 0. The number of aliphatic hydroxyl groups is 1. The molecule has 1 aliphatic heterocycles. The number of rotatable bonds is 5. The molecule has 2 aromatic rings. The number of hydrogen-bond acceptors (Lipinski definition) is 5. The van der Waals surface area contributed by atoms with Crippen LogP contribution < -0.4 is 5.32 Å². The van der Waals surface area contributed by atoms with Crippen LogP contribution >= 0.6 is 0 Å². The van der Waals surface area contributed by atoms with Crippen LogP contribution in [0.25, 0.3) is 0 Å². The van der Waals surface area contributed by atoms with Crippen LogP contribution in [-0.2, 0) is 6.54 Å². The van der Waals surface area contributed by atoms with Crippen molar-refractivity contribution in [1.82, 2.24) is 30.4 Å². The number of aliphatic hydroxyl groups excluding tert-OH is 1. The van der Waals surface area contributed by atoms with Crippen LogP contribution in [0.4, 0.5) is 4.79 Å². The maximum Gasteiger partial charge on any atom is 0.318 e. The summed E-state index contributed by atoms with van der Waals surface area (Å²) in [5.41, 5.74) is 1.10. The average molecular weight is 370 g/mol. The lowest BCUT2D eigenvalue weighted by Gasteiger charge is -2.30. The second-order valence-corrected chi connectivity index (χ2v) is 7.45. The van der Waals surface area contributed by atoms with Gasteiger partial charge in [-0.25, -0.2) is 9.48 Å². The van der Waals surface area contributed by atoms with Gasteiger partial charge in [0.1, 0.15) is 0 Å². The van der Waals surface area contributed by atoms with Gasteiger partial charge in [-0.1, -0.05) is 43.2 Å². The fraction of sp³-hybridized carbons (Fsp3) is 0.579. The molecule has 0 spiro atoms. The lowest BCUT2D eigenvalue weighted by molar-refractivity contribution is 0.132. The molecule has 8 nitrogen and oxygen atoms in total. The minimum absolute atomic E-state index is 0.0468. The van der Waals surface area contributed by atoms with E-state index in [0.29, 0.717) is 12.4 Å². The summed E-state index contributed by atoms with van der Waals surface area (Å²) in [5.74, 6) is 0.677. The van der Waals surface area contributed by atoms with Gasteiger partial charge in [-0.05, 0) is 41.7 Å². The predicted octanol–water partition coefficient (Wildman–Crippen LogP) is 1.87. The van der Waals surface area contributed by atoms with E-state index in [1.165, 1.54) is 0 Å². The number of nitrogens with one attached hydrogen (secondary N) is 1. The Kier molecular flexibility index (Phi) is 5.33. The van der Waals surface area contributed by atoms with E-state index in [9.17, 15) is 9.90 Å². The van der Waals surface area contributed by atoms with E-state index in [-0.39, 0.29) is 30.8 Å². The van der Waals surface area contributed by atoms with Gasteiger partial charge in [0.05, 0.1) is 25.2 Å². The molecule has 27 heavy (non-hydrogen) atoms. The number of aromatic nitrogens is 4. The average Bonchev–Trinajstić information content (AvgIpc) is 3.42. The summed E-state index contributed by atoms with van der Waals surface area (Å²) in [6.07, 6.45) is 5.87. The Bertz CT molecular complexity index is 759. The maximum absolute atomic E-state index is 13.0. The molecule has 1 aromatic carbocycles. The monoisotopic (exact) mass is 370 g/mol. The smallest absolute Gasteiger partial charge is 0.318 e. The van der Waals surface area contributed by atoms with E-state index >= 15 is 0 Å². The molecule has 1 saturated carbocycles. The number of likely N-dealkylation sites (tertiary alicyclic amines) is 1. The fourth-order valence-electron chi connectivity index (χ4n) is 4.26. The largest absolute Gasteiger partial charge is 0.394 e. The molecule has 2 amide bonds. The number of benzene rings is 1. The normalized spacial score (nSPS) is 23.1. The van der Waals surface area contributed by atoms with Gasteiger partial charge >= 0.3 is 6.03 Å². The summed E-state index contributed by atoms with van der Waals surface area (Å²) in [4.78, 5) is 14.7. The third-order valence-corrected chi connectivity index (χ3v) is 5.66. The van der Waals surface area contributed by atoms with Crippen LogP contribution in [-0.4, -0.2) is 54.9 Å². The standard InChI is InChI=1S/C19H26N6O2/c26-13-16-10-11-17(25(16)19(27)20-15-8-4-5-9-15)18-21-22-23-24(18)12-14-6-2-1-3-7-14/h1-3,6-7,15-17,26H,4-5,8-13H2,(H,20,27)/t16-,17+/m0/s1. The molecule has 2 atom stereocenters. The predicted molar refractivity (Wildman–Crippen MR) is 98.8 cm³/mol. The zero-order chi connectivity index (χ0) is 18.6. The molecular weight excluding hydrogens is 344 g/mol. The highest BCUT2D eigenvalue weighted by molar-refractivity contribution is 5.75. The van der Waals surface area contributed by atoms with Gasteiger partial charge in [-0.15, -0.1) is 5.10 Å². The molecule has 2 N–H and O–H groups in total. The summed E-state index contributed by atoms with van der Waals surface area (Å²) in [6.45, 7) is 0.510. The molecule has 1 aromatic heterocycles. The van der Waals surface area contributed by atoms with Gasteiger partial charge in [-0.2, -0.15) is 0 Å². The first-order chi connectivity index (χ1) is 13.3. The van der Waals surface area contributed by atoms with Crippen LogP contribution in [0.2, 0.25) is 0 Å². The summed E-state index contributed by atoms with van der Waals surface area (Å²) in [6, 6.07) is 9.71. The Morgan fingerprint density at radius 3 is 2.67 bits per heavy atom. The highest BCUT2D eigenvalue weighted by Gasteiger charge is 2.41. The Labute approximate surface area is 158 Å². The molecule has 2 aliphatic rings. The van der Waals surface area contributed by atoms with Crippen LogP contribution in [0.3, 0.4) is 0 Å². The van der Waals surface area contributed by atoms with E-state index < -0.39 is 0 Å². The van der Waals surface area contributed by atoms with Crippen molar-refractivity contribution in [3.05, 3.63) is 41.7 Å². The first-order valence-electron chi connectivity index (χ1n) is 9.76. The summed E-state index contributed by atoms with van der Waals surface area (Å²) in [5, 5.41) is 25.1. The Morgan fingerprint density at radius 1 is 1.15 bits per heavy atom. The second kappa shape index (κ2) is 8.04. The van der Waals surface area contributed by atoms with Crippen molar-refractivity contribution in [3.8, 4) is 0 Å². The molecule has 8 heteroatoms. The molecular formula is C19H26N6O2. The van der Waals surface area contributed by atoms with Crippen molar-refractivity contribution in [1.29, 1.82) is 0 Å². The van der Waals surface area contributed by atoms with E-state index in [0.717, 1.165) is 44.1 Å². The van der Waals surface area contributed by atoms with Crippen molar-refractivity contribution in [2.75, 3.05) is 6.61 Å². The molecule has 2 fully saturated rings. The van der Waals surface area contributed by atoms with Gasteiger partial charge in [0.25, 0.3) is 0 Å². The summed E-state index contributed by atoms with van der Waals surface area (Å²) in [7, 11) is 0. The molecule has 0 unspecified atom stereocenters. The molecule has 4 rings (SSSR count). The van der Waals surface area contributed by atoms with Crippen LogP contribution in [0.1, 0.15) is 56.0 Å². The quantitative estimate of drug-likeness (QED) is 0.838. The Morgan fingerprint density at radius 2 is 1.93 bits per heavy atom. The number of amides is 2. The van der Waals surface area contributed by atoms with Crippen LogP contribution in [0, 0.1) is 0 Å². The van der Waals surface area contributed by atoms with E-state index in [1.54, 1.807) is 9.58 Å². The molecule has 1 aliphatic carbocycles. The van der Waals surface area contributed by atoms with Crippen LogP contribution in [0.15, 0.2) is 30.3 Å². The number of carbonyl (C=O) groups excluding carboxylic acids is 1. The third-order valence-electron chi connectivity index (χ3n) is 5.66. The lowest BCUT2D eigenvalue weighted by Crippen LogP contribution is -2.48. The zero-order valence-electron chi connectivity index (χ0n) is 15.4. The molecule has 2 heterocycles. The minimum Gasteiger partial charge on any atom is -0.394 e. The molecule has 1 saturated heterocycles. The highest BCUT2D eigenvalue weighted by atomic mass is 16.3. The maximum atomic E-state index is 13.0. The van der Waals surface area contributed by atoms with E-state index in [2.05, 4.69) is 20.8 Å². The van der Waals surface area contributed by atoms with Crippen molar-refractivity contribution in [3.63, 3.8) is 0 Å². The summed E-state index contributed by atoms with van der Waals surface area (Å²) < 4.78 is 1.76. The van der Waals surface area contributed by atoms with Gasteiger partial charge in [0.15, 0.2) is 5.82 Å². The number of hydrogen-bond donors (Lipinski definition) is 2. The SMILES string of the molecule is O=C(NC1CCCC1)N1[C@H](CO)CC[C@@H]1c1nnnn1Cc1ccccc1. The van der Waals surface area contributed by atoms with Gasteiger partial charge in [0.2, 0.25) is 0 Å². The molecule has 0 bridgehead atoms. The Hall–Kier alpha value is -2.48. The number of tetrazole rings is 1. The number of carbonyl (C=O) groups is 1. The minimum atomic E-state index is -0.220. The first-order valence-corrected chi connectivity index (χ1v) is 9.76. The first kappa shape index (κ1) is 17.9. The lowest BCUT2D eigenvalue weighted by atomic mass is 10.2. The van der Waals surface area contributed by atoms with E-state index in [4.69, 9.17) is 0 Å². The zero-order valence-corrected chi connectivity index (χ0v) is 15.4. The van der Waals surface area contributed by atoms with Crippen molar-refractivity contribution >= 4 is 6.03 Å². The van der Waals surface area contributed by atoms with Gasteiger partial charge in [0, 0.05) is 6.04 Å². The topological polar surface area (TPSA) is 96.2 Å². The third kappa shape index (κ3) is 3.80. The number of urea groups is 1. The fourth-order valence-corrected chi connectivity index (χ4v) is 4.26. The Balaban J connectivity index is 1.54. The highest BCUT2D eigenvalue weighted by Crippen LogP contribution is 2.35. The number of nitrogens with zero attached hydrogens (tertiary/aromatic N) is 5. The van der Waals surface area contributed by atoms with Gasteiger partial charge < -0.3 is 15.3 Å². The van der Waals surface area contributed by atoms with Crippen molar-refractivity contribution in [2.24, 2.45) is 0 Å². The van der Waals surface area contributed by atoms with E-state index in [1.807, 2.05) is 30.3 Å². The molecule has 144 valence electrons. The second-order valence-electron chi connectivity index (χ2n) is 7.45. The van der Waals surface area contributed by atoms with Crippen LogP contribution in [0.5, 0.6) is 0 Å². The van der Waals surface area contributed by atoms with Crippen molar-refractivity contribution < 1.29 is 9.90 Å². The van der Waals surface area contributed by atoms with Gasteiger partial charge in [-0.3, -0.25) is 0 Å².